The Balaban J connectivity index is 1.68. The average Bonchev–Trinajstić information content (AvgIpc) is 2.96. The van der Waals surface area contributed by atoms with Crippen LogP contribution in [0.3, 0.4) is 0 Å². The lowest BCUT2D eigenvalue weighted by Gasteiger charge is -2.39. The number of likely N-dealkylation sites (N-methyl/N-ethyl adjacent to an activating group) is 1. The summed E-state index contributed by atoms with van der Waals surface area (Å²) in [5, 5.41) is 0. The SMILES string of the molecule is CN1CCN(S(=O)(=O)c2ccc3c(c2)oc(=O)n3C)CC1c1ccccc1. The molecule has 1 aliphatic rings. The first kappa shape index (κ1) is 18.0. The zero-order chi connectivity index (χ0) is 19.2. The molecular formula is C19H21N3O4S. The minimum atomic E-state index is -3.69. The molecule has 3 aromatic rings. The van der Waals surface area contributed by atoms with Gasteiger partial charge in [0.1, 0.15) is 0 Å². The van der Waals surface area contributed by atoms with Crippen LogP contribution in [0.25, 0.3) is 11.1 Å². The number of rotatable bonds is 3. The van der Waals surface area contributed by atoms with Gasteiger partial charge in [-0.05, 0) is 24.7 Å². The quantitative estimate of drug-likeness (QED) is 0.685. The summed E-state index contributed by atoms with van der Waals surface area (Å²) in [7, 11) is -0.0893. The van der Waals surface area contributed by atoms with Gasteiger partial charge in [0, 0.05) is 38.8 Å². The fourth-order valence-corrected chi connectivity index (χ4v) is 4.98. The maximum absolute atomic E-state index is 13.2. The Morgan fingerprint density at radius 2 is 1.78 bits per heavy atom. The van der Waals surface area contributed by atoms with E-state index in [-0.39, 0.29) is 16.5 Å². The highest BCUT2D eigenvalue weighted by Gasteiger charge is 2.33. The van der Waals surface area contributed by atoms with Crippen molar-refractivity contribution >= 4 is 21.1 Å². The van der Waals surface area contributed by atoms with Crippen molar-refractivity contribution in [2.75, 3.05) is 26.7 Å². The van der Waals surface area contributed by atoms with Gasteiger partial charge in [-0.3, -0.25) is 9.47 Å². The van der Waals surface area contributed by atoms with Crippen LogP contribution in [0.4, 0.5) is 0 Å². The monoisotopic (exact) mass is 387 g/mol. The summed E-state index contributed by atoms with van der Waals surface area (Å²) in [6, 6.07) is 14.5. The van der Waals surface area contributed by atoms with E-state index in [1.165, 1.54) is 21.0 Å². The van der Waals surface area contributed by atoms with E-state index < -0.39 is 15.8 Å². The van der Waals surface area contributed by atoms with Gasteiger partial charge in [-0.2, -0.15) is 4.31 Å². The van der Waals surface area contributed by atoms with E-state index in [0.29, 0.717) is 25.2 Å². The Kier molecular flexibility index (Phi) is 4.41. The predicted molar refractivity (Wildman–Crippen MR) is 102 cm³/mol. The highest BCUT2D eigenvalue weighted by atomic mass is 32.2. The third kappa shape index (κ3) is 3.09. The van der Waals surface area contributed by atoms with Gasteiger partial charge in [0.05, 0.1) is 10.4 Å². The number of aromatic nitrogens is 1. The lowest BCUT2D eigenvalue weighted by molar-refractivity contribution is 0.148. The van der Waals surface area contributed by atoms with Crippen molar-refractivity contribution in [1.82, 2.24) is 13.8 Å². The molecule has 8 heteroatoms. The van der Waals surface area contributed by atoms with Crippen LogP contribution >= 0.6 is 0 Å². The van der Waals surface area contributed by atoms with Crippen LogP contribution in [-0.2, 0) is 17.1 Å². The third-order valence-electron chi connectivity index (χ3n) is 5.20. The van der Waals surface area contributed by atoms with Crippen molar-refractivity contribution in [2.45, 2.75) is 10.9 Å². The van der Waals surface area contributed by atoms with Crippen molar-refractivity contribution in [3.8, 4) is 0 Å². The maximum Gasteiger partial charge on any atom is 0.419 e. The summed E-state index contributed by atoms with van der Waals surface area (Å²) in [6.45, 7) is 1.43. The van der Waals surface area contributed by atoms with Gasteiger partial charge in [-0.25, -0.2) is 13.2 Å². The molecule has 0 radical (unpaired) electrons. The lowest BCUT2D eigenvalue weighted by Crippen LogP contribution is -2.48. The molecule has 27 heavy (non-hydrogen) atoms. The lowest BCUT2D eigenvalue weighted by atomic mass is 10.0. The third-order valence-corrected chi connectivity index (χ3v) is 7.06. The minimum absolute atomic E-state index is 0.00638. The summed E-state index contributed by atoms with van der Waals surface area (Å²) in [5.41, 5.74) is 1.93. The van der Waals surface area contributed by atoms with Crippen molar-refractivity contribution in [2.24, 2.45) is 7.05 Å². The number of benzene rings is 2. The highest BCUT2D eigenvalue weighted by molar-refractivity contribution is 7.89. The molecule has 1 aliphatic heterocycles. The van der Waals surface area contributed by atoms with Gasteiger partial charge < -0.3 is 4.42 Å². The standard InChI is InChI=1S/C19H21N3O4S/c1-20-10-11-22(13-17(20)14-6-4-3-5-7-14)27(24,25)15-8-9-16-18(12-15)26-19(23)21(16)2/h3-9,12,17H,10-11,13H2,1-2H3. The highest BCUT2D eigenvalue weighted by Crippen LogP contribution is 2.28. The molecule has 142 valence electrons. The first-order valence-electron chi connectivity index (χ1n) is 8.73. The van der Waals surface area contributed by atoms with E-state index in [4.69, 9.17) is 4.42 Å². The number of nitrogens with zero attached hydrogens (tertiary/aromatic N) is 3. The van der Waals surface area contributed by atoms with Crippen LogP contribution in [0.15, 0.2) is 62.6 Å². The van der Waals surface area contributed by atoms with Crippen LogP contribution in [0, 0.1) is 0 Å². The molecule has 1 atom stereocenters. The van der Waals surface area contributed by atoms with E-state index >= 15 is 0 Å². The predicted octanol–water partition coefficient (Wildman–Crippen LogP) is 1.81. The number of fused-ring (bicyclic) bond motifs is 1. The molecule has 0 saturated carbocycles. The fraction of sp³-hybridized carbons (Fsp3) is 0.316. The largest absolute Gasteiger partial charge is 0.419 e. The maximum atomic E-state index is 13.2. The molecule has 1 saturated heterocycles. The summed E-state index contributed by atoms with van der Waals surface area (Å²) >= 11 is 0. The van der Waals surface area contributed by atoms with Crippen molar-refractivity contribution in [3.05, 3.63) is 64.6 Å². The van der Waals surface area contributed by atoms with E-state index in [9.17, 15) is 13.2 Å². The average molecular weight is 387 g/mol. The van der Waals surface area contributed by atoms with Crippen LogP contribution in [0.1, 0.15) is 11.6 Å². The van der Waals surface area contributed by atoms with Gasteiger partial charge >= 0.3 is 5.76 Å². The Morgan fingerprint density at radius 3 is 2.52 bits per heavy atom. The second kappa shape index (κ2) is 6.63. The van der Waals surface area contributed by atoms with Crippen LogP contribution in [0.5, 0.6) is 0 Å². The summed E-state index contributed by atoms with van der Waals surface area (Å²) in [6.07, 6.45) is 0. The van der Waals surface area contributed by atoms with E-state index in [1.54, 1.807) is 13.1 Å². The molecule has 1 unspecified atom stereocenters. The Bertz CT molecular complexity index is 1130. The molecule has 2 aromatic carbocycles. The molecule has 4 rings (SSSR count). The zero-order valence-corrected chi connectivity index (χ0v) is 16.0. The Morgan fingerprint density at radius 1 is 1.04 bits per heavy atom. The number of aryl methyl sites for hydroxylation is 1. The molecule has 7 nitrogen and oxygen atoms in total. The van der Waals surface area contributed by atoms with Gasteiger partial charge in [0.25, 0.3) is 0 Å². The van der Waals surface area contributed by atoms with E-state index in [0.717, 1.165) is 5.56 Å². The van der Waals surface area contributed by atoms with Crippen LogP contribution < -0.4 is 5.76 Å². The summed E-state index contributed by atoms with van der Waals surface area (Å²) in [4.78, 5) is 14.0. The molecule has 0 spiro atoms. The number of sulfonamides is 1. The number of hydrogen-bond acceptors (Lipinski definition) is 5. The van der Waals surface area contributed by atoms with Crippen LogP contribution in [0.2, 0.25) is 0 Å². The molecule has 1 fully saturated rings. The van der Waals surface area contributed by atoms with Gasteiger partial charge in [-0.15, -0.1) is 0 Å². The van der Waals surface area contributed by atoms with Gasteiger partial charge in [0.2, 0.25) is 10.0 Å². The number of hydrogen-bond donors (Lipinski definition) is 0. The topological polar surface area (TPSA) is 75.8 Å². The molecule has 0 N–H and O–H groups in total. The molecule has 0 amide bonds. The second-order valence-corrected chi connectivity index (χ2v) is 8.76. The molecule has 0 bridgehead atoms. The Hall–Kier alpha value is -2.42. The van der Waals surface area contributed by atoms with E-state index in [2.05, 4.69) is 4.90 Å². The smallest absolute Gasteiger partial charge is 0.408 e. The molecule has 0 aliphatic carbocycles. The van der Waals surface area contributed by atoms with Crippen molar-refractivity contribution in [1.29, 1.82) is 0 Å². The fourth-order valence-electron chi connectivity index (χ4n) is 3.53. The van der Waals surface area contributed by atoms with Crippen molar-refractivity contribution in [3.63, 3.8) is 0 Å². The van der Waals surface area contributed by atoms with Crippen LogP contribution in [-0.4, -0.2) is 48.9 Å². The first-order valence-corrected chi connectivity index (χ1v) is 10.2. The van der Waals surface area contributed by atoms with E-state index in [1.807, 2.05) is 37.4 Å². The number of oxazole rings is 1. The van der Waals surface area contributed by atoms with Gasteiger partial charge in [0.15, 0.2) is 5.58 Å². The normalized spacial score (nSPS) is 19.6. The summed E-state index contributed by atoms with van der Waals surface area (Å²) in [5.74, 6) is -0.511. The Labute approximate surface area is 157 Å². The van der Waals surface area contributed by atoms with Crippen molar-refractivity contribution < 1.29 is 12.8 Å². The summed E-state index contributed by atoms with van der Waals surface area (Å²) < 4.78 is 34.4. The first-order chi connectivity index (χ1) is 12.9. The number of piperazine rings is 1. The van der Waals surface area contributed by atoms with Gasteiger partial charge in [-0.1, -0.05) is 30.3 Å². The molecule has 2 heterocycles. The molecular weight excluding hydrogens is 366 g/mol. The minimum Gasteiger partial charge on any atom is -0.408 e. The second-order valence-electron chi connectivity index (χ2n) is 6.83. The molecule has 1 aromatic heterocycles. The zero-order valence-electron chi connectivity index (χ0n) is 15.2.